The molecule has 1 saturated heterocycles. The maximum absolute atomic E-state index is 13.1. The summed E-state index contributed by atoms with van der Waals surface area (Å²) < 4.78 is 32.7. The number of hydrogen-bond acceptors (Lipinski definition) is 7. The molecule has 1 amide bonds. The van der Waals surface area contributed by atoms with Gasteiger partial charge < -0.3 is 10.1 Å². The lowest BCUT2D eigenvalue weighted by Gasteiger charge is -2.31. The minimum absolute atomic E-state index is 0.0853. The average Bonchev–Trinajstić information content (AvgIpc) is 3.36. The number of carbonyl (C=O) groups excluding carboxylic acids is 1. The fourth-order valence-electron chi connectivity index (χ4n) is 3.83. The number of ether oxygens (including phenoxy) is 1. The highest BCUT2D eigenvalue weighted by molar-refractivity contribution is 7.99. The smallest absolute Gasteiger partial charge is 0.243 e. The van der Waals surface area contributed by atoms with Crippen molar-refractivity contribution in [3.8, 4) is 17.1 Å². The van der Waals surface area contributed by atoms with Crippen molar-refractivity contribution in [1.82, 2.24) is 24.8 Å². The number of aromatic nitrogens is 3. The Kier molecular flexibility index (Phi) is 8.32. The monoisotopic (exact) mass is 535 g/mol. The first kappa shape index (κ1) is 25.5. The van der Waals surface area contributed by atoms with Gasteiger partial charge in [0.2, 0.25) is 21.1 Å². The number of piperidine rings is 1. The zero-order chi connectivity index (χ0) is 24.8. The summed E-state index contributed by atoms with van der Waals surface area (Å²) in [5.41, 5.74) is 0.953. The number of carbonyl (C=O) groups is 1. The van der Waals surface area contributed by atoms with Crippen molar-refractivity contribution < 1.29 is 17.9 Å². The van der Waals surface area contributed by atoms with Gasteiger partial charge in [-0.2, -0.15) is 4.31 Å². The van der Waals surface area contributed by atoms with Crippen LogP contribution in [0.25, 0.3) is 11.4 Å². The first-order valence-corrected chi connectivity index (χ1v) is 13.9. The molecular weight excluding hydrogens is 510 g/mol. The molecule has 1 aliphatic heterocycles. The van der Waals surface area contributed by atoms with Crippen LogP contribution in [0, 0.1) is 5.92 Å². The second kappa shape index (κ2) is 11.4. The Labute approximate surface area is 213 Å². The van der Waals surface area contributed by atoms with Crippen LogP contribution in [0.4, 0.5) is 0 Å². The number of halogens is 1. The molecule has 1 aliphatic rings. The van der Waals surface area contributed by atoms with Crippen molar-refractivity contribution >= 4 is 39.3 Å². The Morgan fingerprint density at radius 2 is 2.09 bits per heavy atom. The number of benzene rings is 2. The number of thioether (sulfide) groups is 1. The van der Waals surface area contributed by atoms with Crippen molar-refractivity contribution in [3.05, 3.63) is 53.6 Å². The second-order valence-electron chi connectivity index (χ2n) is 7.97. The van der Waals surface area contributed by atoms with E-state index in [0.29, 0.717) is 48.4 Å². The van der Waals surface area contributed by atoms with E-state index < -0.39 is 15.9 Å². The number of aromatic amines is 1. The summed E-state index contributed by atoms with van der Waals surface area (Å²) in [6.07, 6.45) is 1.24. The van der Waals surface area contributed by atoms with Crippen molar-refractivity contribution in [2.75, 3.05) is 32.5 Å². The van der Waals surface area contributed by atoms with Crippen molar-refractivity contribution in [2.24, 2.45) is 5.92 Å². The van der Waals surface area contributed by atoms with Crippen LogP contribution in [0.2, 0.25) is 5.02 Å². The molecule has 0 spiro atoms. The van der Waals surface area contributed by atoms with E-state index in [0.717, 1.165) is 5.56 Å². The summed E-state index contributed by atoms with van der Waals surface area (Å²) >= 11 is 7.55. The predicted molar refractivity (Wildman–Crippen MR) is 135 cm³/mol. The number of nitrogens with one attached hydrogen (secondary N) is 2. The molecule has 12 heteroatoms. The summed E-state index contributed by atoms with van der Waals surface area (Å²) in [5.74, 6) is 1.12. The third-order valence-corrected chi connectivity index (χ3v) is 8.67. The van der Waals surface area contributed by atoms with Gasteiger partial charge in [-0.05, 0) is 31.0 Å². The highest BCUT2D eigenvalue weighted by Crippen LogP contribution is 2.30. The lowest BCUT2D eigenvalue weighted by molar-refractivity contribution is -0.125. The fraction of sp³-hybridized carbons (Fsp3) is 0.348. The molecular formula is C23H26ClN5O4S2. The molecule has 1 atom stereocenters. The molecule has 0 radical (unpaired) electrons. The van der Waals surface area contributed by atoms with Crippen LogP contribution in [0.3, 0.4) is 0 Å². The van der Waals surface area contributed by atoms with E-state index in [2.05, 4.69) is 20.5 Å². The number of hydrogen-bond donors (Lipinski definition) is 2. The number of sulfonamides is 1. The lowest BCUT2D eigenvalue weighted by atomic mass is 9.99. The van der Waals surface area contributed by atoms with Crippen LogP contribution in [0.5, 0.6) is 5.75 Å². The van der Waals surface area contributed by atoms with Gasteiger partial charge in [-0.3, -0.25) is 9.89 Å². The Morgan fingerprint density at radius 1 is 1.29 bits per heavy atom. The van der Waals surface area contributed by atoms with Gasteiger partial charge in [0.1, 0.15) is 5.75 Å². The highest BCUT2D eigenvalue weighted by atomic mass is 35.5. The minimum Gasteiger partial charge on any atom is -0.495 e. The zero-order valence-electron chi connectivity index (χ0n) is 19.1. The normalized spacial score (nSPS) is 16.7. The Balaban J connectivity index is 1.28. The molecule has 1 aromatic heterocycles. The molecule has 1 unspecified atom stereocenters. The van der Waals surface area contributed by atoms with Crippen molar-refractivity contribution in [2.45, 2.75) is 22.9 Å². The molecule has 4 rings (SSSR count). The van der Waals surface area contributed by atoms with Crippen molar-refractivity contribution in [1.29, 1.82) is 0 Å². The largest absolute Gasteiger partial charge is 0.495 e. The molecule has 1 fully saturated rings. The Hall–Kier alpha value is -2.60. The topological polar surface area (TPSA) is 117 Å². The third-order valence-electron chi connectivity index (χ3n) is 5.66. The summed E-state index contributed by atoms with van der Waals surface area (Å²) in [6, 6.07) is 14.1. The SMILES string of the molecule is COc1ccc(S(=O)(=O)N2CCCC(C(=O)NCCSc3n[nH]c(-c4ccccc4)n3)C2)cc1Cl. The minimum atomic E-state index is -3.77. The van der Waals surface area contributed by atoms with E-state index in [1.807, 2.05) is 30.3 Å². The summed E-state index contributed by atoms with van der Waals surface area (Å²) in [5, 5.41) is 10.9. The molecule has 2 heterocycles. The average molecular weight is 536 g/mol. The highest BCUT2D eigenvalue weighted by Gasteiger charge is 2.33. The Bertz CT molecular complexity index is 1270. The number of nitrogens with zero attached hydrogens (tertiary/aromatic N) is 3. The maximum atomic E-state index is 13.1. The quantitative estimate of drug-likeness (QED) is 0.318. The predicted octanol–water partition coefficient (Wildman–Crippen LogP) is 3.44. The molecule has 186 valence electrons. The third kappa shape index (κ3) is 6.16. The maximum Gasteiger partial charge on any atom is 0.243 e. The molecule has 2 N–H and O–H groups in total. The number of methoxy groups -OCH3 is 1. The molecule has 3 aromatic rings. The van der Waals surface area contributed by atoms with Gasteiger partial charge in [0.05, 0.1) is 22.9 Å². The van der Waals surface area contributed by atoms with Gasteiger partial charge in [0.25, 0.3) is 0 Å². The van der Waals surface area contributed by atoms with Crippen LogP contribution in [-0.2, 0) is 14.8 Å². The van der Waals surface area contributed by atoms with Crippen molar-refractivity contribution in [3.63, 3.8) is 0 Å². The molecule has 0 aliphatic carbocycles. The second-order valence-corrected chi connectivity index (χ2v) is 11.4. The van der Waals surface area contributed by atoms with E-state index in [9.17, 15) is 13.2 Å². The fourth-order valence-corrected chi connectivity index (χ4v) is 6.35. The van der Waals surface area contributed by atoms with E-state index in [1.165, 1.54) is 41.4 Å². The molecule has 0 bridgehead atoms. The van der Waals surface area contributed by atoms with Crippen LogP contribution in [0.1, 0.15) is 12.8 Å². The Morgan fingerprint density at radius 3 is 2.83 bits per heavy atom. The first-order valence-electron chi connectivity index (χ1n) is 11.1. The standard InChI is InChI=1S/C23H26ClN5O4S2/c1-33-20-10-9-18(14-19(20)24)35(31,32)29-12-5-8-17(15-29)22(30)25-11-13-34-23-26-21(27-28-23)16-6-3-2-4-7-16/h2-4,6-7,9-10,14,17H,5,8,11-13,15H2,1H3,(H,25,30)(H,26,27,28). The number of amides is 1. The number of H-pyrrole nitrogens is 1. The van der Waals surface area contributed by atoms with Gasteiger partial charge in [-0.15, -0.1) is 5.10 Å². The summed E-state index contributed by atoms with van der Waals surface area (Å²) in [7, 11) is -2.30. The molecule has 2 aromatic carbocycles. The van der Waals surface area contributed by atoms with E-state index in [-0.39, 0.29) is 22.4 Å². The van der Waals surface area contributed by atoms with Crippen LogP contribution in [0.15, 0.2) is 58.6 Å². The summed E-state index contributed by atoms with van der Waals surface area (Å²) in [4.78, 5) is 17.3. The number of rotatable bonds is 9. The van der Waals surface area contributed by atoms with E-state index in [1.54, 1.807) is 0 Å². The van der Waals surface area contributed by atoms with Gasteiger partial charge >= 0.3 is 0 Å². The van der Waals surface area contributed by atoms with Gasteiger partial charge in [0.15, 0.2) is 5.82 Å². The van der Waals surface area contributed by atoms with Crippen LogP contribution >= 0.6 is 23.4 Å². The van der Waals surface area contributed by atoms with E-state index >= 15 is 0 Å². The molecule has 9 nitrogen and oxygen atoms in total. The molecule has 35 heavy (non-hydrogen) atoms. The lowest BCUT2D eigenvalue weighted by Crippen LogP contribution is -2.45. The van der Waals surface area contributed by atoms with Crippen LogP contribution in [-0.4, -0.2) is 66.3 Å². The van der Waals surface area contributed by atoms with Crippen LogP contribution < -0.4 is 10.1 Å². The molecule has 0 saturated carbocycles. The first-order chi connectivity index (χ1) is 16.9. The van der Waals surface area contributed by atoms with Gasteiger partial charge in [0, 0.05) is 31.0 Å². The van der Waals surface area contributed by atoms with Gasteiger partial charge in [-0.25, -0.2) is 13.4 Å². The van der Waals surface area contributed by atoms with Gasteiger partial charge in [-0.1, -0.05) is 53.7 Å². The van der Waals surface area contributed by atoms with E-state index in [4.69, 9.17) is 16.3 Å². The zero-order valence-corrected chi connectivity index (χ0v) is 21.5. The summed E-state index contributed by atoms with van der Waals surface area (Å²) in [6.45, 7) is 0.919.